The number of fused-ring (bicyclic) bond motifs is 1. The summed E-state index contributed by atoms with van der Waals surface area (Å²) < 4.78 is 7.21. The second kappa shape index (κ2) is 6.25. The number of aliphatic hydroxyl groups excluding tert-OH is 1. The van der Waals surface area contributed by atoms with Crippen LogP contribution in [0.1, 0.15) is 6.42 Å². The van der Waals surface area contributed by atoms with Gasteiger partial charge in [-0.25, -0.2) is 0 Å². The third-order valence-electron chi connectivity index (χ3n) is 3.31. The molecule has 0 aliphatic heterocycles. The number of hydrogen-bond acceptors (Lipinski definition) is 3. The number of aromatic nitrogens is 2. The molecule has 3 aromatic rings. The van der Waals surface area contributed by atoms with Crippen LogP contribution in [0.4, 0.5) is 0 Å². The molecular formula is C16H15ClN2O3. The van der Waals surface area contributed by atoms with Crippen LogP contribution in [0.5, 0.6) is 5.75 Å². The van der Waals surface area contributed by atoms with Crippen LogP contribution in [0, 0.1) is 0 Å². The molecular weight excluding hydrogens is 304 g/mol. The van der Waals surface area contributed by atoms with Crippen LogP contribution in [0.25, 0.3) is 16.8 Å². The van der Waals surface area contributed by atoms with E-state index in [4.69, 9.17) is 21.4 Å². The largest absolute Gasteiger partial charge is 0.492 e. The van der Waals surface area contributed by atoms with E-state index in [1.807, 2.05) is 18.2 Å². The molecule has 0 unspecified atom stereocenters. The van der Waals surface area contributed by atoms with Gasteiger partial charge in [0.25, 0.3) is 5.56 Å². The van der Waals surface area contributed by atoms with Crippen LogP contribution in [0.15, 0.2) is 47.5 Å². The Labute approximate surface area is 131 Å². The van der Waals surface area contributed by atoms with Crippen molar-refractivity contribution in [3.63, 3.8) is 0 Å². The fraction of sp³-hybridized carbons (Fsp3) is 0.188. The number of nitrogens with one attached hydrogen (secondary N) is 1. The molecule has 0 saturated heterocycles. The number of rotatable bonds is 5. The first-order valence-corrected chi connectivity index (χ1v) is 7.30. The molecule has 0 saturated carbocycles. The van der Waals surface area contributed by atoms with Crippen LogP contribution in [0.2, 0.25) is 5.02 Å². The molecule has 5 nitrogen and oxygen atoms in total. The van der Waals surface area contributed by atoms with Crippen LogP contribution in [-0.4, -0.2) is 27.7 Å². The standard InChI is InChI=1S/C16H15ClN2O3/c17-13-5-2-1-4-12(13)14-10-19-9-11(22-7-3-6-20)8-15(19)16(21)18-14/h1-2,4-5,8-10,20H,3,6-7H2,(H,18,21). The molecule has 114 valence electrons. The molecule has 0 fully saturated rings. The van der Waals surface area contributed by atoms with Gasteiger partial charge in [-0.3, -0.25) is 4.79 Å². The Hall–Kier alpha value is -2.24. The molecule has 0 radical (unpaired) electrons. The third kappa shape index (κ3) is 2.86. The molecule has 22 heavy (non-hydrogen) atoms. The van der Waals surface area contributed by atoms with E-state index in [0.29, 0.717) is 35.0 Å². The van der Waals surface area contributed by atoms with Gasteiger partial charge in [0.2, 0.25) is 0 Å². The molecule has 0 aliphatic rings. The minimum absolute atomic E-state index is 0.0740. The predicted octanol–water partition coefficient (Wildman–Crippen LogP) is 2.71. The van der Waals surface area contributed by atoms with Crippen LogP contribution in [-0.2, 0) is 0 Å². The van der Waals surface area contributed by atoms with E-state index in [-0.39, 0.29) is 12.2 Å². The summed E-state index contributed by atoms with van der Waals surface area (Å²) in [4.78, 5) is 15.0. The summed E-state index contributed by atoms with van der Waals surface area (Å²) in [7, 11) is 0. The Morgan fingerprint density at radius 2 is 2.09 bits per heavy atom. The van der Waals surface area contributed by atoms with Gasteiger partial charge in [-0.2, -0.15) is 0 Å². The van der Waals surface area contributed by atoms with Crippen molar-refractivity contribution < 1.29 is 9.84 Å². The Balaban J connectivity index is 2.01. The minimum Gasteiger partial charge on any atom is -0.492 e. The van der Waals surface area contributed by atoms with Gasteiger partial charge >= 0.3 is 0 Å². The van der Waals surface area contributed by atoms with E-state index in [0.717, 1.165) is 5.56 Å². The fourth-order valence-electron chi connectivity index (χ4n) is 2.25. The molecule has 1 aromatic carbocycles. The van der Waals surface area contributed by atoms with Gasteiger partial charge < -0.3 is 19.2 Å². The maximum atomic E-state index is 12.2. The Morgan fingerprint density at radius 3 is 2.86 bits per heavy atom. The number of hydrogen-bond donors (Lipinski definition) is 2. The van der Waals surface area contributed by atoms with E-state index < -0.39 is 0 Å². The van der Waals surface area contributed by atoms with Gasteiger partial charge in [0.05, 0.1) is 18.5 Å². The average Bonchev–Trinajstić information content (AvgIpc) is 2.91. The van der Waals surface area contributed by atoms with E-state index in [1.54, 1.807) is 28.9 Å². The van der Waals surface area contributed by atoms with Gasteiger partial charge in [0.15, 0.2) is 0 Å². The Bertz CT molecular complexity index is 854. The van der Waals surface area contributed by atoms with Crippen molar-refractivity contribution in [2.24, 2.45) is 0 Å². The van der Waals surface area contributed by atoms with Crippen LogP contribution >= 0.6 is 11.6 Å². The summed E-state index contributed by atoms with van der Waals surface area (Å²) in [6.07, 6.45) is 4.09. The van der Waals surface area contributed by atoms with Crippen molar-refractivity contribution in [3.8, 4) is 17.0 Å². The number of nitrogens with zero attached hydrogens (tertiary/aromatic N) is 1. The number of halogens is 1. The molecule has 0 aliphatic carbocycles. The predicted molar refractivity (Wildman–Crippen MR) is 85.7 cm³/mol. The lowest BCUT2D eigenvalue weighted by Gasteiger charge is -2.05. The zero-order valence-electron chi connectivity index (χ0n) is 11.8. The zero-order chi connectivity index (χ0) is 15.5. The highest BCUT2D eigenvalue weighted by Crippen LogP contribution is 2.26. The highest BCUT2D eigenvalue weighted by atomic mass is 35.5. The highest BCUT2D eigenvalue weighted by Gasteiger charge is 2.09. The van der Waals surface area contributed by atoms with Crippen molar-refractivity contribution in [3.05, 3.63) is 58.1 Å². The summed E-state index contributed by atoms with van der Waals surface area (Å²) in [5, 5.41) is 9.34. The minimum atomic E-state index is -0.213. The van der Waals surface area contributed by atoms with Gasteiger partial charge in [-0.05, 0) is 6.07 Å². The second-order valence-electron chi connectivity index (χ2n) is 4.87. The number of H-pyrrole nitrogens is 1. The number of benzene rings is 1. The van der Waals surface area contributed by atoms with Crippen molar-refractivity contribution in [2.75, 3.05) is 13.2 Å². The molecule has 2 N–H and O–H groups in total. The lowest BCUT2D eigenvalue weighted by Crippen LogP contribution is -2.09. The van der Waals surface area contributed by atoms with E-state index in [2.05, 4.69) is 4.98 Å². The maximum absolute atomic E-state index is 12.2. The molecule has 0 atom stereocenters. The first kappa shape index (κ1) is 14.7. The van der Waals surface area contributed by atoms with Crippen LogP contribution < -0.4 is 10.3 Å². The molecule has 6 heteroatoms. The fourth-order valence-corrected chi connectivity index (χ4v) is 2.49. The Kier molecular flexibility index (Phi) is 4.18. The lowest BCUT2D eigenvalue weighted by atomic mass is 10.1. The van der Waals surface area contributed by atoms with Gasteiger partial charge in [-0.15, -0.1) is 0 Å². The molecule has 2 heterocycles. The summed E-state index contributed by atoms with van der Waals surface area (Å²) in [5.74, 6) is 0.593. The zero-order valence-corrected chi connectivity index (χ0v) is 12.5. The topological polar surface area (TPSA) is 66.7 Å². The molecule has 2 aromatic heterocycles. The quantitative estimate of drug-likeness (QED) is 0.711. The maximum Gasteiger partial charge on any atom is 0.272 e. The normalized spacial score (nSPS) is 11.0. The number of aliphatic hydroxyl groups is 1. The summed E-state index contributed by atoms with van der Waals surface area (Å²) in [5.41, 5.74) is 1.68. The monoisotopic (exact) mass is 318 g/mol. The first-order chi connectivity index (χ1) is 10.7. The smallest absolute Gasteiger partial charge is 0.272 e. The third-order valence-corrected chi connectivity index (χ3v) is 3.64. The first-order valence-electron chi connectivity index (χ1n) is 6.92. The van der Waals surface area contributed by atoms with Gasteiger partial charge in [-0.1, -0.05) is 29.8 Å². The second-order valence-corrected chi connectivity index (χ2v) is 5.28. The lowest BCUT2D eigenvalue weighted by molar-refractivity contribution is 0.233. The van der Waals surface area contributed by atoms with Gasteiger partial charge in [0, 0.05) is 35.9 Å². The SMILES string of the molecule is O=c1[nH]c(-c2ccccc2Cl)cn2cc(OCCCO)cc12. The highest BCUT2D eigenvalue weighted by molar-refractivity contribution is 6.33. The van der Waals surface area contributed by atoms with Crippen molar-refractivity contribution >= 4 is 17.1 Å². The number of ether oxygens (including phenoxy) is 1. The molecule has 0 bridgehead atoms. The summed E-state index contributed by atoms with van der Waals surface area (Å²) in [6, 6.07) is 9.00. The Morgan fingerprint density at radius 1 is 1.27 bits per heavy atom. The molecule has 3 rings (SSSR count). The summed E-state index contributed by atoms with van der Waals surface area (Å²) >= 11 is 6.17. The van der Waals surface area contributed by atoms with E-state index in [1.165, 1.54) is 0 Å². The van der Waals surface area contributed by atoms with E-state index >= 15 is 0 Å². The van der Waals surface area contributed by atoms with Crippen molar-refractivity contribution in [1.82, 2.24) is 9.38 Å². The molecule has 0 spiro atoms. The van der Waals surface area contributed by atoms with Crippen molar-refractivity contribution in [1.29, 1.82) is 0 Å². The van der Waals surface area contributed by atoms with E-state index in [9.17, 15) is 4.79 Å². The van der Waals surface area contributed by atoms with Crippen LogP contribution in [0.3, 0.4) is 0 Å². The van der Waals surface area contributed by atoms with Gasteiger partial charge in [0.1, 0.15) is 11.3 Å². The van der Waals surface area contributed by atoms with Crippen molar-refractivity contribution in [2.45, 2.75) is 6.42 Å². The average molecular weight is 319 g/mol. The number of aromatic amines is 1. The summed E-state index contributed by atoms with van der Waals surface area (Å²) in [6.45, 7) is 0.479. The molecule has 0 amide bonds.